The third-order valence-corrected chi connectivity index (χ3v) is 8.80. The molecule has 0 saturated carbocycles. The maximum atomic E-state index is 10.1. The zero-order chi connectivity index (χ0) is 59.6. The molecule has 0 aliphatic rings. The average molecular weight is 675 g/mol. The highest BCUT2D eigenvalue weighted by Gasteiger charge is 2.17. The summed E-state index contributed by atoms with van der Waals surface area (Å²) in [6.45, 7) is 0. The van der Waals surface area contributed by atoms with Crippen LogP contribution < -0.4 is 0 Å². The molecule has 0 unspecified atom stereocenters. The third kappa shape index (κ3) is 4.40. The standard InChI is InChI=1S/C51H32/c1-2-6-32(7-3-1)30-42-21-20-41(31-47(42)44-27-23-40-19-17-36-9-5-11-38-25-29-46(44)51(40)49(36)38)33-12-14-34(15-13-33)43-26-22-39-18-16-35-8-4-10-37-24-28-45(43)50(39)48(35)37/h1-29,31H,30H2/i1D,2D,3D,4D,5D,6D,7D,8D,9D,10D,11D,12D,13D,14D,15D,16D,17D,18D,19D,20D,21D,22D,23D,24D,25D,26D,27D,28D,29D,31D. The van der Waals surface area contributed by atoms with Crippen molar-refractivity contribution < 1.29 is 41.1 Å². The Morgan fingerprint density at radius 3 is 1.39 bits per heavy atom. The van der Waals surface area contributed by atoms with Crippen LogP contribution in [0.15, 0.2) is 181 Å². The predicted molar refractivity (Wildman–Crippen MR) is 219 cm³/mol. The SMILES string of the molecule is [2H]c1c([2H])c([2H])c(Cc2c([2H])c([2H])c(-c3c([2H])c([2H])c(-c4c([2H])c([2H])c5c([2H])c([2H])c6c([2H])c([2H])c([2H])c7c([2H])c([2H])c4c5c67)c([2H])c3[2H])c([2H])c2-c2c([2H])c([2H])c3c([2H])c([2H])c4c([2H])c([2H])c([2H])c5c([2H])c([2H])c2c3c45)c([2H])c1[2H]. The molecule has 0 radical (unpaired) electrons. The van der Waals surface area contributed by atoms with Gasteiger partial charge in [-0.05, 0) is 122 Å². The van der Waals surface area contributed by atoms with Gasteiger partial charge in [-0.15, -0.1) is 0 Å². The van der Waals surface area contributed by atoms with Gasteiger partial charge in [-0.1, -0.05) is 175 Å². The Morgan fingerprint density at radius 1 is 0.314 bits per heavy atom. The van der Waals surface area contributed by atoms with Gasteiger partial charge in [0.1, 0.15) is 0 Å². The van der Waals surface area contributed by atoms with Gasteiger partial charge in [-0.25, -0.2) is 0 Å². The molecule has 0 atom stereocenters. The first kappa shape index (κ1) is 11.8. The summed E-state index contributed by atoms with van der Waals surface area (Å²) in [4.78, 5) is 0. The molecule has 0 heteroatoms. The van der Waals surface area contributed by atoms with Gasteiger partial charge >= 0.3 is 0 Å². The molecule has 0 bridgehead atoms. The Labute approximate surface area is 338 Å². The van der Waals surface area contributed by atoms with Crippen LogP contribution in [0.3, 0.4) is 0 Å². The predicted octanol–water partition coefficient (Wildman–Crippen LogP) is 14.1. The van der Waals surface area contributed by atoms with E-state index < -0.39 is 275 Å². The minimum absolute atomic E-state index is 0.281. The lowest BCUT2D eigenvalue weighted by Gasteiger charge is -2.18. The topological polar surface area (TPSA) is 0 Å². The highest BCUT2D eigenvalue weighted by atomic mass is 14.2. The van der Waals surface area contributed by atoms with Gasteiger partial charge < -0.3 is 0 Å². The molecule has 11 aromatic carbocycles. The van der Waals surface area contributed by atoms with Crippen LogP contribution in [0.4, 0.5) is 0 Å². The lowest BCUT2D eigenvalue weighted by atomic mass is 9.86. The van der Waals surface area contributed by atoms with E-state index in [0.717, 1.165) is 0 Å². The van der Waals surface area contributed by atoms with Crippen molar-refractivity contribution in [2.75, 3.05) is 0 Å². The monoisotopic (exact) mass is 674 g/mol. The minimum atomic E-state index is -1.11. The molecule has 0 amide bonds. The van der Waals surface area contributed by atoms with Crippen LogP contribution in [-0.4, -0.2) is 0 Å². The van der Waals surface area contributed by atoms with Gasteiger partial charge in [-0.3, -0.25) is 0 Å². The highest BCUT2D eigenvalue weighted by molar-refractivity contribution is 6.26. The second kappa shape index (κ2) is 11.0. The van der Waals surface area contributed by atoms with E-state index >= 15 is 0 Å². The summed E-state index contributed by atoms with van der Waals surface area (Å²) < 4.78 is 273. The van der Waals surface area contributed by atoms with E-state index in [9.17, 15) is 19.2 Å². The second-order valence-electron chi connectivity index (χ2n) is 11.6. The number of benzene rings is 11. The first-order valence-electron chi connectivity index (χ1n) is 30.5. The summed E-state index contributed by atoms with van der Waals surface area (Å²) >= 11 is 0. The molecule has 0 aromatic heterocycles. The first-order chi connectivity index (χ1) is 37.8. The summed E-state index contributed by atoms with van der Waals surface area (Å²) in [6, 6.07) is -25.9. The van der Waals surface area contributed by atoms with E-state index in [-0.39, 0.29) is 21.5 Å². The maximum absolute atomic E-state index is 10.1. The van der Waals surface area contributed by atoms with Crippen LogP contribution in [-0.2, 0) is 6.42 Å². The van der Waals surface area contributed by atoms with Gasteiger partial charge in [0.25, 0.3) is 0 Å². The van der Waals surface area contributed by atoms with Crippen LogP contribution in [0, 0.1) is 0 Å². The van der Waals surface area contributed by atoms with Gasteiger partial charge in [0, 0.05) is 0 Å². The van der Waals surface area contributed by atoms with Crippen molar-refractivity contribution in [2.24, 2.45) is 0 Å². The van der Waals surface area contributed by atoms with Crippen molar-refractivity contribution in [3.8, 4) is 33.4 Å². The van der Waals surface area contributed by atoms with E-state index in [4.69, 9.17) is 21.9 Å². The van der Waals surface area contributed by atoms with E-state index in [2.05, 4.69) is 0 Å². The molecule has 11 rings (SSSR count). The highest BCUT2D eigenvalue weighted by Crippen LogP contribution is 2.43. The molecular weight excluding hydrogens is 613 g/mol. The second-order valence-corrected chi connectivity index (χ2v) is 11.6. The molecular formula is C51H32. The first-order valence-corrected chi connectivity index (χ1v) is 15.5. The molecule has 0 N–H and O–H groups in total. The normalized spacial score (nSPS) is 20.2. The molecule has 0 aliphatic heterocycles. The smallest absolute Gasteiger partial charge is 0.0622 e. The van der Waals surface area contributed by atoms with Crippen molar-refractivity contribution in [1.29, 1.82) is 0 Å². The lowest BCUT2D eigenvalue weighted by Crippen LogP contribution is -1.95. The van der Waals surface area contributed by atoms with Crippen molar-refractivity contribution in [3.05, 3.63) is 192 Å². The van der Waals surface area contributed by atoms with Crippen molar-refractivity contribution >= 4 is 64.6 Å². The Kier molecular flexibility index (Phi) is 2.54. The van der Waals surface area contributed by atoms with Crippen molar-refractivity contribution in [2.45, 2.75) is 6.42 Å². The molecule has 0 aliphatic carbocycles. The fourth-order valence-corrected chi connectivity index (χ4v) is 6.51. The molecule has 0 nitrogen and oxygen atoms in total. The summed E-state index contributed by atoms with van der Waals surface area (Å²) in [7, 11) is 0. The van der Waals surface area contributed by atoms with Crippen LogP contribution in [0.2, 0.25) is 0 Å². The van der Waals surface area contributed by atoms with E-state index in [1.54, 1.807) is 0 Å². The Balaban J connectivity index is 1.32. The molecule has 11 aromatic rings. The Bertz CT molecular complexity index is 4720. The summed E-state index contributed by atoms with van der Waals surface area (Å²) in [5.41, 5.74) is -5.92. The van der Waals surface area contributed by atoms with Gasteiger partial charge in [-0.2, -0.15) is 0 Å². The number of hydrogen-bond donors (Lipinski definition) is 0. The molecule has 0 saturated heterocycles. The lowest BCUT2D eigenvalue weighted by molar-refractivity contribution is 1.20. The van der Waals surface area contributed by atoms with Crippen LogP contribution in [0.1, 0.15) is 52.2 Å². The fraction of sp³-hybridized carbons (Fsp3) is 0.0196. The zero-order valence-electron chi connectivity index (χ0n) is 55.7. The molecule has 0 heterocycles. The van der Waals surface area contributed by atoms with Crippen LogP contribution >= 0.6 is 0 Å². The summed E-state index contributed by atoms with van der Waals surface area (Å²) in [6.07, 6.45) is -0.944. The largest absolute Gasteiger partial charge is 0.0636 e. The van der Waals surface area contributed by atoms with Crippen molar-refractivity contribution in [1.82, 2.24) is 0 Å². The Hall–Kier alpha value is -6.50. The quantitative estimate of drug-likeness (QED) is 0.159. The molecule has 0 spiro atoms. The maximum Gasteiger partial charge on any atom is 0.0636 e. The molecule has 51 heavy (non-hydrogen) atoms. The Morgan fingerprint density at radius 2 is 0.784 bits per heavy atom. The van der Waals surface area contributed by atoms with E-state index in [1.165, 1.54) is 0 Å². The zero-order valence-corrected chi connectivity index (χ0v) is 25.7. The summed E-state index contributed by atoms with van der Waals surface area (Å²) in [5, 5.41) is -5.11. The van der Waals surface area contributed by atoms with Crippen molar-refractivity contribution in [3.63, 3.8) is 0 Å². The molecule has 0 fully saturated rings. The number of rotatable bonds is 5. The fourth-order valence-electron chi connectivity index (χ4n) is 6.51. The van der Waals surface area contributed by atoms with Crippen LogP contribution in [0.5, 0.6) is 0 Å². The third-order valence-electron chi connectivity index (χ3n) is 8.80. The van der Waals surface area contributed by atoms with E-state index in [1.807, 2.05) is 0 Å². The van der Waals surface area contributed by atoms with E-state index in [0.29, 0.717) is 0 Å². The molecule has 236 valence electrons. The van der Waals surface area contributed by atoms with Gasteiger partial charge in [0.05, 0.1) is 41.1 Å². The van der Waals surface area contributed by atoms with Gasteiger partial charge in [0.2, 0.25) is 0 Å². The van der Waals surface area contributed by atoms with Gasteiger partial charge in [0.15, 0.2) is 0 Å². The summed E-state index contributed by atoms with van der Waals surface area (Å²) in [5.74, 6) is 0. The van der Waals surface area contributed by atoms with Crippen LogP contribution in [0.25, 0.3) is 98.0 Å². The average Bonchev–Trinajstić information content (AvgIpc) is 1.69. The minimum Gasteiger partial charge on any atom is -0.0622 e. The number of hydrogen-bond acceptors (Lipinski definition) is 0.